The predicted octanol–water partition coefficient (Wildman–Crippen LogP) is 1.69. The first-order valence-corrected chi connectivity index (χ1v) is 10.2. The average molecular weight is 320 g/mol. The Balaban J connectivity index is 2.73. The van der Waals surface area contributed by atoms with Crippen LogP contribution >= 0.6 is 0 Å². The largest absolute Gasteiger partial charge is 0.296 e. The number of nitrogens with zero attached hydrogens (tertiary/aromatic N) is 1. The van der Waals surface area contributed by atoms with Gasteiger partial charge in [0.05, 0.1) is 5.75 Å². The van der Waals surface area contributed by atoms with Crippen LogP contribution in [0.25, 0.3) is 0 Å². The maximum absolute atomic E-state index is 11.7. The SMILES string of the molecule is CCC(CC)(C(CCCS(=O)(=O)CC)NN)N1CCCC1. The van der Waals surface area contributed by atoms with Crippen LogP contribution in [0.1, 0.15) is 59.3 Å². The molecule has 3 N–H and O–H groups in total. The van der Waals surface area contributed by atoms with Gasteiger partial charge in [-0.1, -0.05) is 20.8 Å². The third kappa shape index (κ3) is 4.65. The molecule has 0 aromatic rings. The van der Waals surface area contributed by atoms with Crippen molar-refractivity contribution in [1.82, 2.24) is 10.3 Å². The molecule has 1 unspecified atom stereocenters. The van der Waals surface area contributed by atoms with Gasteiger partial charge in [0.2, 0.25) is 0 Å². The Hall–Kier alpha value is -0.170. The van der Waals surface area contributed by atoms with Crippen LogP contribution in [0.4, 0.5) is 0 Å². The molecule has 0 radical (unpaired) electrons. The van der Waals surface area contributed by atoms with E-state index in [1.165, 1.54) is 12.8 Å². The highest BCUT2D eigenvalue weighted by molar-refractivity contribution is 7.91. The average Bonchev–Trinajstić information content (AvgIpc) is 3.01. The molecule has 1 saturated heterocycles. The Bertz CT molecular complexity index is 388. The Morgan fingerprint density at radius 1 is 1.19 bits per heavy atom. The third-order valence-corrected chi connectivity index (χ3v) is 6.99. The molecule has 1 aliphatic rings. The number of rotatable bonds is 10. The van der Waals surface area contributed by atoms with Gasteiger partial charge < -0.3 is 0 Å². The van der Waals surface area contributed by atoms with E-state index in [4.69, 9.17) is 5.84 Å². The topological polar surface area (TPSA) is 75.4 Å². The van der Waals surface area contributed by atoms with Crippen molar-refractivity contribution in [2.45, 2.75) is 70.9 Å². The second-order valence-electron chi connectivity index (χ2n) is 6.10. The number of likely N-dealkylation sites (tertiary alicyclic amines) is 1. The van der Waals surface area contributed by atoms with Gasteiger partial charge in [0.25, 0.3) is 0 Å². The fourth-order valence-corrected chi connectivity index (χ4v) is 4.63. The molecule has 126 valence electrons. The summed E-state index contributed by atoms with van der Waals surface area (Å²) in [6, 6.07) is 0.151. The normalized spacial score (nSPS) is 19.0. The fourth-order valence-electron chi connectivity index (χ4n) is 3.73. The van der Waals surface area contributed by atoms with Gasteiger partial charge in [-0.15, -0.1) is 0 Å². The number of hydrazine groups is 1. The van der Waals surface area contributed by atoms with Gasteiger partial charge in [-0.3, -0.25) is 16.2 Å². The molecule has 21 heavy (non-hydrogen) atoms. The van der Waals surface area contributed by atoms with Gasteiger partial charge in [-0.2, -0.15) is 0 Å². The van der Waals surface area contributed by atoms with Gasteiger partial charge in [-0.25, -0.2) is 8.42 Å². The molecule has 0 amide bonds. The lowest BCUT2D eigenvalue weighted by Crippen LogP contribution is -2.61. The summed E-state index contributed by atoms with van der Waals surface area (Å²) >= 11 is 0. The number of nitrogens with two attached hydrogens (primary N) is 1. The van der Waals surface area contributed by atoms with Crippen molar-refractivity contribution < 1.29 is 8.42 Å². The highest BCUT2D eigenvalue weighted by Crippen LogP contribution is 2.33. The zero-order valence-corrected chi connectivity index (χ0v) is 14.7. The van der Waals surface area contributed by atoms with Gasteiger partial charge in [0, 0.05) is 17.3 Å². The van der Waals surface area contributed by atoms with Crippen molar-refractivity contribution in [1.29, 1.82) is 0 Å². The van der Waals surface area contributed by atoms with Gasteiger partial charge in [0.1, 0.15) is 9.84 Å². The third-order valence-electron chi connectivity index (χ3n) is 5.20. The van der Waals surface area contributed by atoms with E-state index in [9.17, 15) is 8.42 Å². The fraction of sp³-hybridized carbons (Fsp3) is 1.00. The van der Waals surface area contributed by atoms with Crippen molar-refractivity contribution in [2.24, 2.45) is 5.84 Å². The van der Waals surface area contributed by atoms with Gasteiger partial charge in [-0.05, 0) is 51.6 Å². The van der Waals surface area contributed by atoms with Crippen molar-refractivity contribution in [3.05, 3.63) is 0 Å². The van der Waals surface area contributed by atoms with Gasteiger partial charge in [0.15, 0.2) is 0 Å². The molecule has 1 atom stereocenters. The van der Waals surface area contributed by atoms with Crippen molar-refractivity contribution in [2.75, 3.05) is 24.6 Å². The molecule has 1 fully saturated rings. The summed E-state index contributed by atoms with van der Waals surface area (Å²) in [6.45, 7) is 8.41. The quantitative estimate of drug-likeness (QED) is 0.473. The molecule has 6 heteroatoms. The van der Waals surface area contributed by atoms with Crippen molar-refractivity contribution >= 4 is 9.84 Å². The van der Waals surface area contributed by atoms with Crippen LogP contribution in [-0.2, 0) is 9.84 Å². The first-order chi connectivity index (χ1) is 9.95. The Morgan fingerprint density at radius 3 is 2.19 bits per heavy atom. The van der Waals surface area contributed by atoms with Crippen molar-refractivity contribution in [3.63, 3.8) is 0 Å². The highest BCUT2D eigenvalue weighted by atomic mass is 32.2. The van der Waals surface area contributed by atoms with E-state index in [0.29, 0.717) is 6.42 Å². The first-order valence-electron chi connectivity index (χ1n) is 8.37. The minimum absolute atomic E-state index is 0.0568. The van der Waals surface area contributed by atoms with Crippen LogP contribution in [0.5, 0.6) is 0 Å². The number of sulfone groups is 1. The minimum atomic E-state index is -2.88. The summed E-state index contributed by atoms with van der Waals surface area (Å²) < 4.78 is 23.3. The molecular weight excluding hydrogens is 286 g/mol. The standard InChI is InChI=1S/C15H33N3O2S/c1-4-15(5-2,18-11-7-8-12-18)14(17-16)10-9-13-21(19,20)6-3/h14,17H,4-13,16H2,1-3H3. The highest BCUT2D eigenvalue weighted by Gasteiger charge is 2.41. The second kappa shape index (κ2) is 8.46. The predicted molar refractivity (Wildman–Crippen MR) is 88.8 cm³/mol. The van der Waals surface area contributed by atoms with Crippen LogP contribution in [-0.4, -0.2) is 49.5 Å². The molecule has 0 aromatic heterocycles. The molecule has 0 aromatic carbocycles. The van der Waals surface area contributed by atoms with Crippen LogP contribution in [0.2, 0.25) is 0 Å². The van der Waals surface area contributed by atoms with E-state index in [1.807, 2.05) is 0 Å². The van der Waals surface area contributed by atoms with E-state index in [1.54, 1.807) is 6.92 Å². The zero-order chi connectivity index (χ0) is 15.9. The molecule has 1 aliphatic heterocycles. The lowest BCUT2D eigenvalue weighted by Gasteiger charge is -2.46. The molecule has 0 bridgehead atoms. The summed E-state index contributed by atoms with van der Waals surface area (Å²) in [6.07, 6.45) is 6.08. The zero-order valence-electron chi connectivity index (χ0n) is 13.9. The van der Waals surface area contributed by atoms with Gasteiger partial charge >= 0.3 is 0 Å². The molecular formula is C15H33N3O2S. The van der Waals surface area contributed by atoms with Crippen molar-refractivity contribution in [3.8, 4) is 0 Å². The molecule has 0 aliphatic carbocycles. The second-order valence-corrected chi connectivity index (χ2v) is 8.58. The van der Waals surface area contributed by atoms with E-state index in [2.05, 4.69) is 24.2 Å². The molecule has 1 heterocycles. The van der Waals surface area contributed by atoms with E-state index < -0.39 is 9.84 Å². The smallest absolute Gasteiger partial charge is 0.150 e. The summed E-state index contributed by atoms with van der Waals surface area (Å²) in [4.78, 5) is 2.56. The number of nitrogens with one attached hydrogen (secondary N) is 1. The summed E-state index contributed by atoms with van der Waals surface area (Å²) in [5.74, 6) is 6.33. The lowest BCUT2D eigenvalue weighted by atomic mass is 9.81. The molecule has 5 nitrogen and oxygen atoms in total. The summed E-state index contributed by atoms with van der Waals surface area (Å²) in [7, 11) is -2.88. The number of hydrogen-bond acceptors (Lipinski definition) is 5. The number of hydrogen-bond donors (Lipinski definition) is 2. The first kappa shape index (κ1) is 18.9. The Morgan fingerprint density at radius 2 is 1.76 bits per heavy atom. The van der Waals surface area contributed by atoms with Crippen LogP contribution in [0.3, 0.4) is 0 Å². The van der Waals surface area contributed by atoms with E-state index in [0.717, 1.165) is 32.4 Å². The van der Waals surface area contributed by atoms with Crippen LogP contribution < -0.4 is 11.3 Å². The Kier molecular flexibility index (Phi) is 7.60. The van der Waals surface area contributed by atoms with E-state index in [-0.39, 0.29) is 23.1 Å². The summed E-state index contributed by atoms with van der Waals surface area (Å²) in [5, 5.41) is 0. The van der Waals surface area contributed by atoms with E-state index >= 15 is 0 Å². The molecule has 1 rings (SSSR count). The minimum Gasteiger partial charge on any atom is -0.296 e. The van der Waals surface area contributed by atoms with Crippen LogP contribution in [0, 0.1) is 0 Å². The maximum Gasteiger partial charge on any atom is 0.150 e. The maximum atomic E-state index is 11.7. The molecule has 0 saturated carbocycles. The summed E-state index contributed by atoms with van der Waals surface area (Å²) in [5.41, 5.74) is 3.05. The lowest BCUT2D eigenvalue weighted by molar-refractivity contribution is 0.0584. The monoisotopic (exact) mass is 319 g/mol. The van der Waals surface area contributed by atoms with Crippen LogP contribution in [0.15, 0.2) is 0 Å². The Labute approximate surface area is 130 Å². The molecule has 0 spiro atoms.